The van der Waals surface area contributed by atoms with Crippen molar-refractivity contribution in [2.45, 2.75) is 6.54 Å². The molecule has 0 bridgehead atoms. The van der Waals surface area contributed by atoms with Crippen LogP contribution in [0.2, 0.25) is 0 Å². The van der Waals surface area contributed by atoms with Crippen LogP contribution in [-0.2, 0) is 6.54 Å². The number of rotatable bonds is 2. The van der Waals surface area contributed by atoms with Crippen LogP contribution in [0.1, 0.15) is 5.56 Å². The summed E-state index contributed by atoms with van der Waals surface area (Å²) in [4.78, 5) is 16.3. The van der Waals surface area contributed by atoms with E-state index in [-0.39, 0.29) is 5.56 Å². The Morgan fingerprint density at radius 1 is 1.11 bits per heavy atom. The van der Waals surface area contributed by atoms with Crippen molar-refractivity contribution < 1.29 is 0 Å². The molecule has 0 saturated carbocycles. The largest absolute Gasteiger partial charge is 0.310 e. The Balaban J connectivity index is 2.11. The molecule has 19 heavy (non-hydrogen) atoms. The Kier molecular flexibility index (Phi) is 3.17. The number of para-hydroxylation sites is 1. The van der Waals surface area contributed by atoms with Crippen molar-refractivity contribution >= 4 is 26.8 Å². The lowest BCUT2D eigenvalue weighted by Gasteiger charge is -2.08. The van der Waals surface area contributed by atoms with Crippen LogP contribution >= 0.6 is 15.9 Å². The topological polar surface area (TPSA) is 34.9 Å². The molecule has 0 aliphatic heterocycles. The normalized spacial score (nSPS) is 10.8. The Bertz CT molecular complexity index is 790. The third-order valence-electron chi connectivity index (χ3n) is 3.05. The maximum Gasteiger partial charge on any atom is 0.265 e. The van der Waals surface area contributed by atoms with E-state index in [2.05, 4.69) is 20.9 Å². The van der Waals surface area contributed by atoms with Gasteiger partial charge in [-0.25, -0.2) is 0 Å². The van der Waals surface area contributed by atoms with Gasteiger partial charge in [-0.3, -0.25) is 9.78 Å². The molecule has 94 valence electrons. The first kappa shape index (κ1) is 12.1. The summed E-state index contributed by atoms with van der Waals surface area (Å²) >= 11 is 3.26. The number of pyridine rings is 2. The molecule has 0 saturated heterocycles. The van der Waals surface area contributed by atoms with Gasteiger partial charge in [0.1, 0.15) is 0 Å². The molecular weight excluding hydrogens is 304 g/mol. The van der Waals surface area contributed by atoms with Crippen LogP contribution in [0.3, 0.4) is 0 Å². The molecule has 3 rings (SSSR count). The maximum absolute atomic E-state index is 12.0. The van der Waals surface area contributed by atoms with E-state index in [0.29, 0.717) is 11.0 Å². The quantitative estimate of drug-likeness (QED) is 0.728. The first-order valence-electron chi connectivity index (χ1n) is 5.93. The highest BCUT2D eigenvalue weighted by atomic mass is 79.9. The van der Waals surface area contributed by atoms with Crippen LogP contribution in [0, 0.1) is 0 Å². The highest BCUT2D eigenvalue weighted by Crippen LogP contribution is 2.16. The van der Waals surface area contributed by atoms with Crippen molar-refractivity contribution in [2.24, 2.45) is 0 Å². The van der Waals surface area contributed by atoms with Crippen LogP contribution in [0.15, 0.2) is 64.1 Å². The van der Waals surface area contributed by atoms with E-state index in [1.54, 1.807) is 23.0 Å². The van der Waals surface area contributed by atoms with Crippen molar-refractivity contribution in [3.8, 4) is 0 Å². The second kappa shape index (κ2) is 4.97. The van der Waals surface area contributed by atoms with Crippen LogP contribution < -0.4 is 5.56 Å². The first-order valence-corrected chi connectivity index (χ1v) is 6.72. The molecule has 0 N–H and O–H groups in total. The van der Waals surface area contributed by atoms with E-state index in [0.717, 1.165) is 16.5 Å². The van der Waals surface area contributed by atoms with Gasteiger partial charge < -0.3 is 4.57 Å². The lowest BCUT2D eigenvalue weighted by Crippen LogP contribution is -2.20. The summed E-state index contributed by atoms with van der Waals surface area (Å²) in [6, 6.07) is 13.5. The first-order chi connectivity index (χ1) is 9.25. The van der Waals surface area contributed by atoms with Gasteiger partial charge in [0.2, 0.25) is 0 Å². The van der Waals surface area contributed by atoms with Crippen LogP contribution in [-0.4, -0.2) is 9.55 Å². The minimum Gasteiger partial charge on any atom is -0.310 e. The average Bonchev–Trinajstić information content (AvgIpc) is 2.44. The summed E-state index contributed by atoms with van der Waals surface area (Å²) in [6.07, 6.45) is 3.57. The second-order valence-electron chi connectivity index (χ2n) is 4.28. The number of hydrogen-bond donors (Lipinski definition) is 0. The highest BCUT2D eigenvalue weighted by Gasteiger charge is 2.04. The molecule has 2 aromatic heterocycles. The van der Waals surface area contributed by atoms with Crippen LogP contribution in [0.4, 0.5) is 0 Å². The summed E-state index contributed by atoms with van der Waals surface area (Å²) < 4.78 is 2.26. The second-order valence-corrected chi connectivity index (χ2v) is 5.13. The Morgan fingerprint density at radius 2 is 1.95 bits per heavy atom. The fraction of sp³-hybridized carbons (Fsp3) is 0.0667. The molecule has 0 aliphatic carbocycles. The van der Waals surface area contributed by atoms with Gasteiger partial charge in [-0.1, -0.05) is 18.2 Å². The van der Waals surface area contributed by atoms with Crippen LogP contribution in [0.5, 0.6) is 0 Å². The maximum atomic E-state index is 12.0. The van der Waals surface area contributed by atoms with E-state index in [4.69, 9.17) is 0 Å². The minimum atomic E-state index is -0.0246. The molecule has 3 aromatic rings. The molecule has 0 unspecified atom stereocenters. The summed E-state index contributed by atoms with van der Waals surface area (Å²) in [6.45, 7) is 0.543. The van der Waals surface area contributed by atoms with Gasteiger partial charge in [-0.15, -0.1) is 0 Å². The number of nitrogens with zero attached hydrogens (tertiary/aromatic N) is 2. The van der Waals surface area contributed by atoms with Crippen molar-refractivity contribution in [1.82, 2.24) is 9.55 Å². The monoisotopic (exact) mass is 314 g/mol. The van der Waals surface area contributed by atoms with Crippen molar-refractivity contribution in [3.05, 3.63) is 75.2 Å². The molecule has 0 amide bonds. The standard InChI is InChI=1S/C15H11BrN2O/c16-13-5-3-9-18(15(13)19)10-11-7-8-17-14-6-2-1-4-12(11)14/h1-9H,10H2. The fourth-order valence-corrected chi connectivity index (χ4v) is 2.49. The highest BCUT2D eigenvalue weighted by molar-refractivity contribution is 9.10. The zero-order valence-electron chi connectivity index (χ0n) is 10.1. The number of hydrogen-bond acceptors (Lipinski definition) is 2. The smallest absolute Gasteiger partial charge is 0.265 e. The third kappa shape index (κ3) is 2.31. The van der Waals surface area contributed by atoms with E-state index >= 15 is 0 Å². The summed E-state index contributed by atoms with van der Waals surface area (Å²) in [5, 5.41) is 1.08. The molecule has 2 heterocycles. The summed E-state index contributed by atoms with van der Waals surface area (Å²) in [5.41, 5.74) is 2.01. The molecule has 0 radical (unpaired) electrons. The van der Waals surface area contributed by atoms with Gasteiger partial charge in [-0.05, 0) is 45.8 Å². The van der Waals surface area contributed by atoms with E-state index in [1.807, 2.05) is 36.4 Å². The van der Waals surface area contributed by atoms with Gasteiger partial charge in [0.05, 0.1) is 16.5 Å². The average molecular weight is 315 g/mol. The van der Waals surface area contributed by atoms with E-state index in [1.165, 1.54) is 0 Å². The summed E-state index contributed by atoms with van der Waals surface area (Å²) in [5.74, 6) is 0. The number of fused-ring (bicyclic) bond motifs is 1. The van der Waals surface area contributed by atoms with Gasteiger partial charge in [0.25, 0.3) is 5.56 Å². The SMILES string of the molecule is O=c1c(Br)cccn1Cc1ccnc2ccccc12. The van der Waals surface area contributed by atoms with E-state index in [9.17, 15) is 4.79 Å². The van der Waals surface area contributed by atoms with Crippen molar-refractivity contribution in [3.63, 3.8) is 0 Å². The molecule has 4 heteroatoms. The van der Waals surface area contributed by atoms with Crippen molar-refractivity contribution in [1.29, 1.82) is 0 Å². The summed E-state index contributed by atoms with van der Waals surface area (Å²) in [7, 11) is 0. The molecule has 3 nitrogen and oxygen atoms in total. The van der Waals surface area contributed by atoms with Gasteiger partial charge >= 0.3 is 0 Å². The van der Waals surface area contributed by atoms with Gasteiger partial charge in [0, 0.05) is 17.8 Å². The Labute approximate surface area is 118 Å². The predicted octanol–water partition coefficient (Wildman–Crippen LogP) is 3.21. The fourth-order valence-electron chi connectivity index (χ4n) is 2.11. The Hall–Kier alpha value is -1.94. The minimum absolute atomic E-state index is 0.0246. The number of aromatic nitrogens is 2. The lowest BCUT2D eigenvalue weighted by atomic mass is 10.1. The zero-order valence-corrected chi connectivity index (χ0v) is 11.7. The molecule has 0 fully saturated rings. The molecule has 0 atom stereocenters. The lowest BCUT2D eigenvalue weighted by molar-refractivity contribution is 0.759. The molecule has 1 aromatic carbocycles. The Morgan fingerprint density at radius 3 is 2.84 bits per heavy atom. The number of benzene rings is 1. The van der Waals surface area contributed by atoms with Crippen molar-refractivity contribution in [2.75, 3.05) is 0 Å². The van der Waals surface area contributed by atoms with Crippen LogP contribution in [0.25, 0.3) is 10.9 Å². The van der Waals surface area contributed by atoms with Gasteiger partial charge in [0.15, 0.2) is 0 Å². The van der Waals surface area contributed by atoms with Gasteiger partial charge in [-0.2, -0.15) is 0 Å². The molecule has 0 aliphatic rings. The predicted molar refractivity (Wildman–Crippen MR) is 79.2 cm³/mol. The van der Waals surface area contributed by atoms with E-state index < -0.39 is 0 Å². The number of halogens is 1. The zero-order chi connectivity index (χ0) is 13.2. The third-order valence-corrected chi connectivity index (χ3v) is 3.66. The molecular formula is C15H11BrN2O. The molecule has 0 spiro atoms.